The van der Waals surface area contributed by atoms with Crippen LogP contribution < -0.4 is 11.3 Å². The van der Waals surface area contributed by atoms with Crippen LogP contribution in [0.3, 0.4) is 0 Å². The summed E-state index contributed by atoms with van der Waals surface area (Å²) in [6.07, 6.45) is 5.23. The van der Waals surface area contributed by atoms with E-state index in [1.165, 1.54) is 19.3 Å². The third-order valence-corrected chi connectivity index (χ3v) is 3.54. The standard InChI is InChI=1S/C12H18ClN3O/c13-10-4-5-12(16-14)15-11(10)8-17-7-6-9-2-1-3-9/h4-5,9H,1-3,6-8,14H2,(H,15,16). The molecule has 0 saturated heterocycles. The molecule has 3 N–H and O–H groups in total. The second-order valence-corrected chi connectivity index (χ2v) is 4.81. The summed E-state index contributed by atoms with van der Waals surface area (Å²) in [5, 5.41) is 0.618. The first-order valence-corrected chi connectivity index (χ1v) is 6.37. The number of nitrogen functional groups attached to an aromatic ring is 1. The van der Waals surface area contributed by atoms with Crippen molar-refractivity contribution in [2.24, 2.45) is 11.8 Å². The van der Waals surface area contributed by atoms with Crippen molar-refractivity contribution in [1.82, 2.24) is 4.98 Å². The number of nitrogens with one attached hydrogen (secondary N) is 1. The summed E-state index contributed by atoms with van der Waals surface area (Å²) in [6.45, 7) is 1.23. The molecule has 1 aromatic rings. The van der Waals surface area contributed by atoms with Gasteiger partial charge in [-0.15, -0.1) is 0 Å². The molecule has 4 nitrogen and oxygen atoms in total. The normalized spacial score (nSPS) is 15.6. The maximum Gasteiger partial charge on any atom is 0.140 e. The fourth-order valence-electron chi connectivity index (χ4n) is 1.87. The van der Waals surface area contributed by atoms with Crippen molar-refractivity contribution in [1.29, 1.82) is 0 Å². The van der Waals surface area contributed by atoms with Crippen molar-refractivity contribution in [2.75, 3.05) is 12.0 Å². The van der Waals surface area contributed by atoms with Gasteiger partial charge in [-0.2, -0.15) is 0 Å². The van der Waals surface area contributed by atoms with Gasteiger partial charge in [0.05, 0.1) is 17.3 Å². The molecule has 1 heterocycles. The number of hydrogen-bond acceptors (Lipinski definition) is 4. The predicted molar refractivity (Wildman–Crippen MR) is 68.7 cm³/mol. The molecule has 0 aromatic carbocycles. The zero-order chi connectivity index (χ0) is 12.1. The molecule has 0 amide bonds. The van der Waals surface area contributed by atoms with Gasteiger partial charge in [-0.05, 0) is 24.5 Å². The SMILES string of the molecule is NNc1ccc(Cl)c(COCCC2CCC2)n1. The Bertz CT molecular complexity index is 369. The quantitative estimate of drug-likeness (QED) is 0.466. The van der Waals surface area contributed by atoms with E-state index in [1.807, 2.05) is 0 Å². The molecule has 1 aromatic heterocycles. The second kappa shape index (κ2) is 6.19. The average molecular weight is 256 g/mol. The minimum atomic E-state index is 0.446. The van der Waals surface area contributed by atoms with Crippen LogP contribution in [0, 0.1) is 5.92 Å². The van der Waals surface area contributed by atoms with Gasteiger partial charge in [0.1, 0.15) is 5.82 Å². The summed E-state index contributed by atoms with van der Waals surface area (Å²) in [6, 6.07) is 3.51. The van der Waals surface area contributed by atoms with Crippen LogP contribution in [0.1, 0.15) is 31.4 Å². The van der Waals surface area contributed by atoms with Crippen LogP contribution in [-0.4, -0.2) is 11.6 Å². The molecule has 0 spiro atoms. The van der Waals surface area contributed by atoms with Gasteiger partial charge in [0.15, 0.2) is 0 Å². The van der Waals surface area contributed by atoms with E-state index in [0.29, 0.717) is 17.4 Å². The number of nitrogens with two attached hydrogens (primary N) is 1. The van der Waals surface area contributed by atoms with Crippen molar-refractivity contribution in [2.45, 2.75) is 32.3 Å². The van der Waals surface area contributed by atoms with Crippen molar-refractivity contribution >= 4 is 17.4 Å². The van der Waals surface area contributed by atoms with Gasteiger partial charge in [0.25, 0.3) is 0 Å². The molecule has 0 bridgehead atoms. The molecule has 0 atom stereocenters. The first-order chi connectivity index (χ1) is 8.29. The number of rotatable bonds is 6. The molecule has 0 aliphatic heterocycles. The first-order valence-electron chi connectivity index (χ1n) is 5.99. The largest absolute Gasteiger partial charge is 0.375 e. The summed E-state index contributed by atoms with van der Waals surface area (Å²) >= 11 is 6.02. The minimum absolute atomic E-state index is 0.446. The zero-order valence-electron chi connectivity index (χ0n) is 9.79. The smallest absolute Gasteiger partial charge is 0.140 e. The summed E-state index contributed by atoms with van der Waals surface area (Å²) in [7, 11) is 0. The lowest BCUT2D eigenvalue weighted by Crippen LogP contribution is -2.14. The van der Waals surface area contributed by atoms with Crippen LogP contribution >= 0.6 is 11.6 Å². The number of nitrogens with zero attached hydrogens (tertiary/aromatic N) is 1. The summed E-state index contributed by atoms with van der Waals surface area (Å²) in [4.78, 5) is 4.25. The molecule has 94 valence electrons. The Hall–Kier alpha value is -0.840. The van der Waals surface area contributed by atoms with E-state index in [-0.39, 0.29) is 0 Å². The Morgan fingerprint density at radius 1 is 1.47 bits per heavy atom. The highest BCUT2D eigenvalue weighted by atomic mass is 35.5. The first kappa shape index (κ1) is 12.6. The van der Waals surface area contributed by atoms with Gasteiger partial charge in [0.2, 0.25) is 0 Å². The molecule has 0 unspecified atom stereocenters. The Labute approximate surface area is 106 Å². The number of ether oxygens (including phenoxy) is 1. The minimum Gasteiger partial charge on any atom is -0.375 e. The maximum absolute atomic E-state index is 6.02. The number of anilines is 1. The summed E-state index contributed by atoms with van der Waals surface area (Å²) in [5.41, 5.74) is 3.23. The Morgan fingerprint density at radius 2 is 2.29 bits per heavy atom. The molecule has 1 aliphatic rings. The highest BCUT2D eigenvalue weighted by Gasteiger charge is 2.16. The highest BCUT2D eigenvalue weighted by molar-refractivity contribution is 6.31. The molecule has 1 fully saturated rings. The third kappa shape index (κ3) is 3.56. The Balaban J connectivity index is 1.76. The van der Waals surface area contributed by atoms with Crippen LogP contribution in [0.15, 0.2) is 12.1 Å². The Kier molecular flexibility index (Phi) is 4.59. The topological polar surface area (TPSA) is 60.2 Å². The van der Waals surface area contributed by atoms with Gasteiger partial charge in [-0.25, -0.2) is 10.8 Å². The molecular formula is C12H18ClN3O. The number of hydrogen-bond donors (Lipinski definition) is 2. The van der Waals surface area contributed by atoms with E-state index in [0.717, 1.165) is 24.6 Å². The maximum atomic E-state index is 6.02. The van der Waals surface area contributed by atoms with E-state index in [1.54, 1.807) is 12.1 Å². The molecule has 2 rings (SSSR count). The molecule has 17 heavy (non-hydrogen) atoms. The second-order valence-electron chi connectivity index (χ2n) is 4.41. The zero-order valence-corrected chi connectivity index (χ0v) is 10.5. The third-order valence-electron chi connectivity index (χ3n) is 3.20. The molecule has 1 aliphatic carbocycles. The lowest BCUT2D eigenvalue weighted by atomic mass is 9.83. The fourth-order valence-corrected chi connectivity index (χ4v) is 2.03. The van der Waals surface area contributed by atoms with E-state index in [9.17, 15) is 0 Å². The van der Waals surface area contributed by atoms with Gasteiger partial charge >= 0.3 is 0 Å². The van der Waals surface area contributed by atoms with E-state index in [4.69, 9.17) is 22.2 Å². The van der Waals surface area contributed by atoms with E-state index in [2.05, 4.69) is 10.4 Å². The number of aromatic nitrogens is 1. The van der Waals surface area contributed by atoms with Crippen LogP contribution in [0.4, 0.5) is 5.82 Å². The Morgan fingerprint density at radius 3 is 2.94 bits per heavy atom. The van der Waals surface area contributed by atoms with Gasteiger partial charge in [-0.1, -0.05) is 30.9 Å². The summed E-state index contributed by atoms with van der Waals surface area (Å²) in [5.74, 6) is 6.77. The highest BCUT2D eigenvalue weighted by Crippen LogP contribution is 2.29. The lowest BCUT2D eigenvalue weighted by molar-refractivity contribution is 0.0930. The van der Waals surface area contributed by atoms with Crippen LogP contribution in [0.25, 0.3) is 0 Å². The van der Waals surface area contributed by atoms with Crippen molar-refractivity contribution in [3.63, 3.8) is 0 Å². The molecular weight excluding hydrogens is 238 g/mol. The van der Waals surface area contributed by atoms with Crippen LogP contribution in [0.5, 0.6) is 0 Å². The lowest BCUT2D eigenvalue weighted by Gasteiger charge is -2.24. The summed E-state index contributed by atoms with van der Waals surface area (Å²) < 4.78 is 5.59. The molecule has 5 heteroatoms. The van der Waals surface area contributed by atoms with Crippen molar-refractivity contribution in [3.8, 4) is 0 Å². The predicted octanol–water partition coefficient (Wildman–Crippen LogP) is 2.73. The van der Waals surface area contributed by atoms with E-state index >= 15 is 0 Å². The fraction of sp³-hybridized carbons (Fsp3) is 0.583. The van der Waals surface area contributed by atoms with E-state index < -0.39 is 0 Å². The van der Waals surface area contributed by atoms with Gasteiger partial charge < -0.3 is 10.2 Å². The number of pyridine rings is 1. The van der Waals surface area contributed by atoms with Crippen molar-refractivity contribution < 1.29 is 4.74 Å². The van der Waals surface area contributed by atoms with Crippen molar-refractivity contribution in [3.05, 3.63) is 22.8 Å². The van der Waals surface area contributed by atoms with Gasteiger partial charge in [0, 0.05) is 6.61 Å². The monoisotopic (exact) mass is 255 g/mol. The molecule has 1 saturated carbocycles. The number of hydrazine groups is 1. The average Bonchev–Trinajstić information content (AvgIpc) is 2.28. The van der Waals surface area contributed by atoms with Crippen LogP contribution in [0.2, 0.25) is 5.02 Å². The van der Waals surface area contributed by atoms with Crippen LogP contribution in [-0.2, 0) is 11.3 Å². The molecule has 0 radical (unpaired) electrons. The van der Waals surface area contributed by atoms with Gasteiger partial charge in [-0.3, -0.25) is 0 Å². The number of halogens is 1.